The third-order valence-electron chi connectivity index (χ3n) is 3.98. The minimum atomic E-state index is -4.35. The minimum absolute atomic E-state index is 0.182. The molecule has 0 saturated carbocycles. The summed E-state index contributed by atoms with van der Waals surface area (Å²) in [5, 5.41) is 3.28. The first-order valence-electron chi connectivity index (χ1n) is 7.21. The molecule has 3 nitrogen and oxygen atoms in total. The van der Waals surface area contributed by atoms with Gasteiger partial charge in [0.1, 0.15) is 5.75 Å². The van der Waals surface area contributed by atoms with Crippen molar-refractivity contribution in [1.82, 2.24) is 5.32 Å². The van der Waals surface area contributed by atoms with Crippen molar-refractivity contribution in [2.45, 2.75) is 19.0 Å². The van der Waals surface area contributed by atoms with E-state index in [0.717, 1.165) is 38.1 Å². The zero-order valence-corrected chi connectivity index (χ0v) is 11.8. The summed E-state index contributed by atoms with van der Waals surface area (Å²) in [6.07, 6.45) is -2.27. The average Bonchev–Trinajstić information content (AvgIpc) is 2.48. The van der Waals surface area contributed by atoms with E-state index in [1.54, 1.807) is 6.07 Å². The monoisotopic (exact) mass is 302 g/mol. The number of piperidine rings is 1. The van der Waals surface area contributed by atoms with E-state index >= 15 is 0 Å². The molecular formula is C15H21F3N2O. The molecule has 2 rings (SSSR count). The maximum Gasteiger partial charge on any atom is 0.416 e. The first-order chi connectivity index (χ1) is 10.0. The van der Waals surface area contributed by atoms with Gasteiger partial charge in [-0.2, -0.15) is 13.2 Å². The highest BCUT2D eigenvalue weighted by molar-refractivity contribution is 5.30. The van der Waals surface area contributed by atoms with Crippen LogP contribution in [0.5, 0.6) is 5.75 Å². The Labute approximate surface area is 122 Å². The molecule has 0 amide bonds. The number of nitrogens with one attached hydrogen (secondary N) is 1. The highest BCUT2D eigenvalue weighted by Gasteiger charge is 2.30. The van der Waals surface area contributed by atoms with E-state index in [1.807, 2.05) is 0 Å². The van der Waals surface area contributed by atoms with Crippen molar-refractivity contribution in [1.29, 1.82) is 0 Å². The van der Waals surface area contributed by atoms with Crippen LogP contribution in [-0.4, -0.2) is 26.2 Å². The third kappa shape index (κ3) is 4.61. The minimum Gasteiger partial charge on any atom is -0.493 e. The number of rotatable bonds is 5. The molecular weight excluding hydrogens is 281 g/mol. The molecule has 1 atom stereocenters. The van der Waals surface area contributed by atoms with Gasteiger partial charge < -0.3 is 15.8 Å². The Morgan fingerprint density at radius 2 is 2.00 bits per heavy atom. The Balaban J connectivity index is 1.94. The number of halogens is 3. The fourth-order valence-electron chi connectivity index (χ4n) is 2.68. The Morgan fingerprint density at radius 1 is 1.29 bits per heavy atom. The Morgan fingerprint density at radius 3 is 2.62 bits per heavy atom. The van der Waals surface area contributed by atoms with Gasteiger partial charge in [-0.1, -0.05) is 6.07 Å². The highest BCUT2D eigenvalue weighted by Crippen LogP contribution is 2.31. The lowest BCUT2D eigenvalue weighted by atomic mass is 9.85. The van der Waals surface area contributed by atoms with Gasteiger partial charge in [0.05, 0.1) is 12.2 Å². The van der Waals surface area contributed by atoms with Crippen LogP contribution in [0.3, 0.4) is 0 Å². The Kier molecular flexibility index (Phi) is 5.47. The molecule has 1 aromatic carbocycles. The third-order valence-corrected chi connectivity index (χ3v) is 3.98. The van der Waals surface area contributed by atoms with Gasteiger partial charge in [0, 0.05) is 5.92 Å². The fraction of sp³-hybridized carbons (Fsp3) is 0.600. The van der Waals surface area contributed by atoms with Gasteiger partial charge in [0.2, 0.25) is 0 Å². The molecule has 0 aromatic heterocycles. The van der Waals surface area contributed by atoms with E-state index in [-0.39, 0.29) is 11.7 Å². The SMILES string of the molecule is NCC(COc1cccc(C(F)(F)F)c1)C1CCNCC1. The van der Waals surface area contributed by atoms with Crippen molar-refractivity contribution in [3.05, 3.63) is 29.8 Å². The van der Waals surface area contributed by atoms with Gasteiger partial charge in [-0.05, 0) is 56.6 Å². The van der Waals surface area contributed by atoms with Gasteiger partial charge in [-0.15, -0.1) is 0 Å². The molecule has 0 aliphatic carbocycles. The summed E-state index contributed by atoms with van der Waals surface area (Å²) >= 11 is 0. The predicted octanol–water partition coefficient (Wildman–Crippen LogP) is 2.66. The van der Waals surface area contributed by atoms with E-state index in [2.05, 4.69) is 5.32 Å². The summed E-state index contributed by atoms with van der Waals surface area (Å²) in [5.74, 6) is 0.904. The summed E-state index contributed by atoms with van der Waals surface area (Å²) in [7, 11) is 0. The second-order valence-electron chi connectivity index (χ2n) is 5.42. The van der Waals surface area contributed by atoms with Crippen molar-refractivity contribution >= 4 is 0 Å². The first kappa shape index (κ1) is 16.1. The van der Waals surface area contributed by atoms with Gasteiger partial charge in [-0.3, -0.25) is 0 Å². The van der Waals surface area contributed by atoms with E-state index < -0.39 is 11.7 Å². The summed E-state index contributed by atoms with van der Waals surface area (Å²) in [4.78, 5) is 0. The molecule has 21 heavy (non-hydrogen) atoms. The van der Waals surface area contributed by atoms with Crippen LogP contribution in [0.2, 0.25) is 0 Å². The van der Waals surface area contributed by atoms with Crippen molar-refractivity contribution in [3.63, 3.8) is 0 Å². The quantitative estimate of drug-likeness (QED) is 0.879. The fourth-order valence-corrected chi connectivity index (χ4v) is 2.68. The molecule has 1 heterocycles. The molecule has 1 aliphatic heterocycles. The molecule has 1 aromatic rings. The van der Waals surface area contributed by atoms with Crippen molar-refractivity contribution in [2.24, 2.45) is 17.6 Å². The number of hydrogen-bond donors (Lipinski definition) is 2. The average molecular weight is 302 g/mol. The summed E-state index contributed by atoms with van der Waals surface area (Å²) in [6.45, 7) is 2.78. The number of ether oxygens (including phenoxy) is 1. The molecule has 0 bridgehead atoms. The van der Waals surface area contributed by atoms with Crippen LogP contribution in [0.4, 0.5) is 13.2 Å². The van der Waals surface area contributed by atoms with E-state index in [1.165, 1.54) is 6.07 Å². The van der Waals surface area contributed by atoms with E-state index in [0.29, 0.717) is 19.1 Å². The largest absolute Gasteiger partial charge is 0.493 e. The second kappa shape index (κ2) is 7.13. The zero-order chi connectivity index (χ0) is 15.3. The first-order valence-corrected chi connectivity index (χ1v) is 7.21. The highest BCUT2D eigenvalue weighted by atomic mass is 19.4. The van der Waals surface area contributed by atoms with Gasteiger partial charge in [0.15, 0.2) is 0 Å². The maximum atomic E-state index is 12.6. The van der Waals surface area contributed by atoms with Crippen LogP contribution in [-0.2, 0) is 6.18 Å². The number of alkyl halides is 3. The summed E-state index contributed by atoms with van der Waals surface area (Å²) in [5.41, 5.74) is 5.10. The molecule has 1 fully saturated rings. The van der Waals surface area contributed by atoms with Gasteiger partial charge in [-0.25, -0.2) is 0 Å². The van der Waals surface area contributed by atoms with Crippen LogP contribution in [0.15, 0.2) is 24.3 Å². The molecule has 3 N–H and O–H groups in total. The number of hydrogen-bond acceptors (Lipinski definition) is 3. The lowest BCUT2D eigenvalue weighted by Gasteiger charge is -2.29. The van der Waals surface area contributed by atoms with Crippen LogP contribution < -0.4 is 15.8 Å². The van der Waals surface area contributed by atoms with Gasteiger partial charge in [0.25, 0.3) is 0 Å². The summed E-state index contributed by atoms with van der Waals surface area (Å²) < 4.78 is 43.5. The van der Waals surface area contributed by atoms with Crippen LogP contribution in [0.25, 0.3) is 0 Å². The lowest BCUT2D eigenvalue weighted by Crippen LogP contribution is -2.37. The van der Waals surface area contributed by atoms with E-state index in [9.17, 15) is 13.2 Å². The van der Waals surface area contributed by atoms with Crippen LogP contribution in [0.1, 0.15) is 18.4 Å². The number of nitrogens with two attached hydrogens (primary N) is 1. The Bertz CT molecular complexity index is 445. The molecule has 118 valence electrons. The maximum absolute atomic E-state index is 12.6. The standard InChI is InChI=1S/C15H21F3N2O/c16-15(17,18)13-2-1-3-14(8-13)21-10-12(9-19)11-4-6-20-7-5-11/h1-3,8,11-12,20H,4-7,9-10,19H2. The van der Waals surface area contributed by atoms with Crippen LogP contribution >= 0.6 is 0 Å². The molecule has 1 aliphatic rings. The molecule has 6 heteroatoms. The van der Waals surface area contributed by atoms with Crippen LogP contribution in [0, 0.1) is 11.8 Å². The second-order valence-corrected chi connectivity index (χ2v) is 5.42. The molecule has 0 radical (unpaired) electrons. The van der Waals surface area contributed by atoms with Gasteiger partial charge >= 0.3 is 6.18 Å². The topological polar surface area (TPSA) is 47.3 Å². The lowest BCUT2D eigenvalue weighted by molar-refractivity contribution is -0.137. The van der Waals surface area contributed by atoms with E-state index in [4.69, 9.17) is 10.5 Å². The predicted molar refractivity (Wildman–Crippen MR) is 75.1 cm³/mol. The normalized spacial score (nSPS) is 18.5. The smallest absolute Gasteiger partial charge is 0.416 e. The Hall–Kier alpha value is -1.27. The zero-order valence-electron chi connectivity index (χ0n) is 11.8. The molecule has 0 spiro atoms. The molecule has 1 unspecified atom stereocenters. The molecule has 1 saturated heterocycles. The van der Waals surface area contributed by atoms with Crippen molar-refractivity contribution in [3.8, 4) is 5.75 Å². The van der Waals surface area contributed by atoms with Crippen molar-refractivity contribution < 1.29 is 17.9 Å². The number of benzene rings is 1. The van der Waals surface area contributed by atoms with Crippen molar-refractivity contribution in [2.75, 3.05) is 26.2 Å². The summed E-state index contributed by atoms with van der Waals surface area (Å²) in [6, 6.07) is 4.99.